The first-order valence-corrected chi connectivity index (χ1v) is 5.74. The third-order valence-electron chi connectivity index (χ3n) is 2.55. The van der Waals surface area contributed by atoms with Crippen molar-refractivity contribution in [2.24, 2.45) is 7.05 Å². The molecular weight excluding hydrogens is 296 g/mol. The molecule has 0 bridgehead atoms. The van der Waals surface area contributed by atoms with Crippen molar-refractivity contribution in [1.29, 1.82) is 0 Å². The topological polar surface area (TPSA) is 22.0 Å². The van der Waals surface area contributed by atoms with Crippen molar-refractivity contribution in [3.05, 3.63) is 43.4 Å². The van der Waals surface area contributed by atoms with Gasteiger partial charge in [0.2, 0.25) is 0 Å². The lowest BCUT2D eigenvalue weighted by Crippen LogP contribution is -2.20. The fourth-order valence-electron chi connectivity index (χ4n) is 1.72. The molecule has 0 saturated heterocycles. The van der Waals surface area contributed by atoms with Crippen LogP contribution in [0.25, 0.3) is 10.9 Å². The zero-order chi connectivity index (χ0) is 12.0. The maximum Gasteiger partial charge on any atom is 0.255 e. The van der Waals surface area contributed by atoms with Gasteiger partial charge in [0.25, 0.3) is 5.56 Å². The second-order valence-electron chi connectivity index (χ2n) is 3.59. The molecule has 2 rings (SSSR count). The molecule has 0 radical (unpaired) electrons. The third kappa shape index (κ3) is 1.57. The number of aryl methyl sites for hydroxylation is 1. The van der Waals surface area contributed by atoms with Crippen LogP contribution in [0.1, 0.15) is 5.56 Å². The van der Waals surface area contributed by atoms with Crippen LogP contribution in [0.5, 0.6) is 0 Å². The van der Waals surface area contributed by atoms with E-state index >= 15 is 0 Å². The molecule has 16 heavy (non-hydrogen) atoms. The number of hydrogen-bond donors (Lipinski definition) is 0. The molecule has 1 aromatic carbocycles. The monoisotopic (exact) mass is 303 g/mol. The predicted octanol–water partition coefficient (Wildman–Crippen LogP) is 3.40. The summed E-state index contributed by atoms with van der Waals surface area (Å²) >= 11 is 9.25. The largest absolute Gasteiger partial charge is 0.308 e. The Balaban J connectivity index is 3.15. The Morgan fingerprint density at radius 1 is 1.44 bits per heavy atom. The van der Waals surface area contributed by atoms with E-state index in [-0.39, 0.29) is 11.1 Å². The van der Waals surface area contributed by atoms with Crippen LogP contribution in [-0.4, -0.2) is 4.57 Å². The van der Waals surface area contributed by atoms with Crippen molar-refractivity contribution >= 4 is 38.4 Å². The lowest BCUT2D eigenvalue weighted by molar-refractivity contribution is 0.628. The molecule has 0 amide bonds. The Kier molecular flexibility index (Phi) is 2.80. The fourth-order valence-corrected chi connectivity index (χ4v) is 2.38. The number of aromatic nitrogens is 1. The van der Waals surface area contributed by atoms with Crippen molar-refractivity contribution in [2.45, 2.75) is 6.92 Å². The van der Waals surface area contributed by atoms with Gasteiger partial charge in [-0.25, -0.2) is 4.39 Å². The molecule has 0 atom stereocenters. The van der Waals surface area contributed by atoms with Crippen LogP contribution in [0.3, 0.4) is 0 Å². The van der Waals surface area contributed by atoms with Gasteiger partial charge in [0.1, 0.15) is 5.82 Å². The van der Waals surface area contributed by atoms with E-state index in [0.29, 0.717) is 20.4 Å². The summed E-state index contributed by atoms with van der Waals surface area (Å²) in [6.07, 6.45) is 0. The summed E-state index contributed by atoms with van der Waals surface area (Å²) in [5.74, 6) is -0.467. The van der Waals surface area contributed by atoms with Gasteiger partial charge >= 0.3 is 0 Å². The van der Waals surface area contributed by atoms with Gasteiger partial charge in [-0.15, -0.1) is 0 Å². The summed E-state index contributed by atoms with van der Waals surface area (Å²) in [4.78, 5) is 11.7. The second kappa shape index (κ2) is 3.86. The number of fused-ring (bicyclic) bond motifs is 1. The minimum absolute atomic E-state index is 0.226. The molecule has 1 aromatic heterocycles. The van der Waals surface area contributed by atoms with Crippen LogP contribution < -0.4 is 5.56 Å². The highest BCUT2D eigenvalue weighted by molar-refractivity contribution is 9.10. The van der Waals surface area contributed by atoms with Gasteiger partial charge in [0, 0.05) is 22.5 Å². The molecule has 0 aliphatic carbocycles. The molecule has 1 heterocycles. The first-order chi connectivity index (χ1) is 7.43. The first-order valence-electron chi connectivity index (χ1n) is 4.57. The van der Waals surface area contributed by atoms with E-state index in [1.807, 2.05) is 0 Å². The molecule has 0 N–H and O–H groups in total. The van der Waals surface area contributed by atoms with E-state index in [9.17, 15) is 9.18 Å². The molecule has 0 aliphatic rings. The summed E-state index contributed by atoms with van der Waals surface area (Å²) < 4.78 is 15.6. The van der Waals surface area contributed by atoms with Crippen molar-refractivity contribution in [3.63, 3.8) is 0 Å². The molecule has 2 nitrogen and oxygen atoms in total. The van der Waals surface area contributed by atoms with Crippen LogP contribution in [0.4, 0.5) is 4.39 Å². The summed E-state index contributed by atoms with van der Waals surface area (Å²) in [7, 11) is 1.53. The first kappa shape index (κ1) is 11.6. The molecule has 0 saturated carbocycles. The van der Waals surface area contributed by atoms with E-state index in [4.69, 9.17) is 11.6 Å². The summed E-state index contributed by atoms with van der Waals surface area (Å²) in [5.41, 5.74) is 0.372. The lowest BCUT2D eigenvalue weighted by atomic mass is 10.1. The number of halogens is 3. The maximum absolute atomic E-state index is 13.8. The molecule has 0 aliphatic heterocycles. The summed E-state index contributed by atoms with van der Waals surface area (Å²) in [5, 5.41) is 0.839. The zero-order valence-electron chi connectivity index (χ0n) is 8.64. The van der Waals surface area contributed by atoms with Gasteiger partial charge < -0.3 is 4.57 Å². The van der Waals surface area contributed by atoms with Crippen LogP contribution >= 0.6 is 27.5 Å². The second-order valence-corrected chi connectivity index (χ2v) is 4.88. The van der Waals surface area contributed by atoms with E-state index in [1.165, 1.54) is 17.7 Å². The Labute approximate surface area is 105 Å². The van der Waals surface area contributed by atoms with Gasteiger partial charge in [-0.05, 0) is 19.1 Å². The Morgan fingerprint density at radius 3 is 2.69 bits per heavy atom. The lowest BCUT2D eigenvalue weighted by Gasteiger charge is -2.10. The van der Waals surface area contributed by atoms with Crippen LogP contribution in [-0.2, 0) is 7.05 Å². The molecule has 0 unspecified atom stereocenters. The van der Waals surface area contributed by atoms with E-state index < -0.39 is 5.82 Å². The highest BCUT2D eigenvalue weighted by Gasteiger charge is 2.14. The molecule has 5 heteroatoms. The smallest absolute Gasteiger partial charge is 0.255 e. The SMILES string of the molecule is Cc1c(Cl)c2cc(Br)cc(F)c2n(C)c1=O. The average molecular weight is 305 g/mol. The number of hydrogen-bond acceptors (Lipinski definition) is 1. The molecule has 0 spiro atoms. The number of rotatable bonds is 0. The van der Waals surface area contributed by atoms with Gasteiger partial charge in [0.05, 0.1) is 10.5 Å². The number of pyridine rings is 1. The van der Waals surface area contributed by atoms with Crippen LogP contribution in [0, 0.1) is 12.7 Å². The van der Waals surface area contributed by atoms with Crippen LogP contribution in [0.2, 0.25) is 5.02 Å². The number of nitrogens with zero attached hydrogens (tertiary/aromatic N) is 1. The van der Waals surface area contributed by atoms with Crippen molar-refractivity contribution in [2.75, 3.05) is 0 Å². The van der Waals surface area contributed by atoms with Gasteiger partial charge in [-0.2, -0.15) is 0 Å². The molecule has 0 fully saturated rings. The van der Waals surface area contributed by atoms with Gasteiger partial charge in [-0.1, -0.05) is 27.5 Å². The van der Waals surface area contributed by atoms with E-state index in [1.54, 1.807) is 13.0 Å². The normalized spacial score (nSPS) is 11.1. The maximum atomic E-state index is 13.8. The van der Waals surface area contributed by atoms with Crippen molar-refractivity contribution in [1.82, 2.24) is 4.57 Å². The van der Waals surface area contributed by atoms with E-state index in [2.05, 4.69) is 15.9 Å². The van der Waals surface area contributed by atoms with Gasteiger partial charge in [0.15, 0.2) is 0 Å². The summed E-state index contributed by atoms with van der Waals surface area (Å²) in [6, 6.07) is 3.01. The van der Waals surface area contributed by atoms with Crippen molar-refractivity contribution < 1.29 is 4.39 Å². The Hall–Kier alpha value is -0.870. The zero-order valence-corrected chi connectivity index (χ0v) is 11.0. The average Bonchev–Trinajstić information content (AvgIpc) is 2.22. The third-order valence-corrected chi connectivity index (χ3v) is 3.50. The molecule has 84 valence electrons. The highest BCUT2D eigenvalue weighted by Crippen LogP contribution is 2.29. The van der Waals surface area contributed by atoms with E-state index in [0.717, 1.165) is 0 Å². The summed E-state index contributed by atoms with van der Waals surface area (Å²) in [6.45, 7) is 1.63. The Morgan fingerprint density at radius 2 is 2.06 bits per heavy atom. The fraction of sp³-hybridized carbons (Fsp3) is 0.182. The molecular formula is C11H8BrClFNO. The quantitative estimate of drug-likeness (QED) is 0.731. The minimum atomic E-state index is -0.467. The molecule has 2 aromatic rings. The van der Waals surface area contributed by atoms with Crippen molar-refractivity contribution in [3.8, 4) is 0 Å². The standard InChI is InChI=1S/C11H8BrClFNO/c1-5-9(13)7-3-6(12)4-8(14)10(7)15(2)11(5)16/h3-4H,1-2H3. The predicted molar refractivity (Wildman–Crippen MR) is 66.6 cm³/mol. The number of benzene rings is 1. The van der Waals surface area contributed by atoms with Gasteiger partial charge in [-0.3, -0.25) is 4.79 Å². The van der Waals surface area contributed by atoms with Crippen LogP contribution in [0.15, 0.2) is 21.4 Å². The minimum Gasteiger partial charge on any atom is -0.308 e. The Bertz CT molecular complexity index is 651. The highest BCUT2D eigenvalue weighted by atomic mass is 79.9.